The van der Waals surface area contributed by atoms with Crippen molar-refractivity contribution in [3.63, 3.8) is 0 Å². The lowest BCUT2D eigenvalue weighted by Crippen LogP contribution is -2.38. The number of benzene rings is 2. The van der Waals surface area contributed by atoms with E-state index in [1.807, 2.05) is 0 Å². The third kappa shape index (κ3) is 2.52. The lowest BCUT2D eigenvalue weighted by molar-refractivity contribution is -0.680. The Bertz CT molecular complexity index is 1050. The minimum atomic E-state index is 1.04. The molecule has 3 heteroatoms. The van der Waals surface area contributed by atoms with Crippen molar-refractivity contribution in [1.82, 2.24) is 4.57 Å². The van der Waals surface area contributed by atoms with E-state index in [4.69, 9.17) is 0 Å². The second kappa shape index (κ2) is 6.17. The van der Waals surface area contributed by atoms with Gasteiger partial charge < -0.3 is 0 Å². The fraction of sp³-hybridized carbons (Fsp3) is 0.182. The van der Waals surface area contributed by atoms with Crippen LogP contribution < -0.4 is 9.13 Å². The Labute approximate surface area is 148 Å². The zero-order valence-electron chi connectivity index (χ0n) is 15.0. The maximum absolute atomic E-state index is 2.36. The van der Waals surface area contributed by atoms with Crippen LogP contribution in [0.2, 0.25) is 0 Å². The SMILES string of the molecule is CCc1ccc2c(c1)n(-c1ccccc1)c(-c1cccc[n+]1C)[n+]2C. The van der Waals surface area contributed by atoms with Gasteiger partial charge in [0.05, 0.1) is 7.05 Å². The Morgan fingerprint density at radius 1 is 0.880 bits per heavy atom. The number of pyridine rings is 1. The van der Waals surface area contributed by atoms with Crippen molar-refractivity contribution >= 4 is 11.0 Å². The van der Waals surface area contributed by atoms with Gasteiger partial charge in [-0.1, -0.05) is 31.2 Å². The second-order valence-corrected chi connectivity index (χ2v) is 6.43. The highest BCUT2D eigenvalue weighted by atomic mass is 15.2. The summed E-state index contributed by atoms with van der Waals surface area (Å²) in [4.78, 5) is 0. The van der Waals surface area contributed by atoms with Crippen molar-refractivity contribution < 1.29 is 9.13 Å². The van der Waals surface area contributed by atoms with Crippen molar-refractivity contribution in [2.45, 2.75) is 13.3 Å². The van der Waals surface area contributed by atoms with Gasteiger partial charge in [-0.25, -0.2) is 4.57 Å². The predicted octanol–water partition coefficient (Wildman–Crippen LogP) is 3.51. The van der Waals surface area contributed by atoms with Gasteiger partial charge in [0.25, 0.3) is 5.69 Å². The van der Waals surface area contributed by atoms with E-state index < -0.39 is 0 Å². The van der Waals surface area contributed by atoms with Crippen molar-refractivity contribution in [3.8, 4) is 17.2 Å². The van der Waals surface area contributed by atoms with E-state index in [9.17, 15) is 0 Å². The zero-order chi connectivity index (χ0) is 17.4. The summed E-state index contributed by atoms with van der Waals surface area (Å²) in [5.74, 6) is 1.18. The number of aromatic nitrogens is 3. The summed E-state index contributed by atoms with van der Waals surface area (Å²) in [7, 11) is 4.25. The Hall–Kier alpha value is -2.94. The normalized spacial score (nSPS) is 11.2. The van der Waals surface area contributed by atoms with Crippen LogP contribution in [-0.4, -0.2) is 4.57 Å². The van der Waals surface area contributed by atoms with Crippen LogP contribution in [0.15, 0.2) is 72.9 Å². The number of fused-ring (bicyclic) bond motifs is 1. The molecule has 0 unspecified atom stereocenters. The molecule has 0 radical (unpaired) electrons. The van der Waals surface area contributed by atoms with E-state index in [2.05, 4.69) is 108 Å². The maximum atomic E-state index is 2.36. The molecule has 0 aliphatic heterocycles. The van der Waals surface area contributed by atoms with Crippen LogP contribution in [0.1, 0.15) is 12.5 Å². The Morgan fingerprint density at radius 3 is 2.36 bits per heavy atom. The van der Waals surface area contributed by atoms with Gasteiger partial charge in [-0.3, -0.25) is 0 Å². The van der Waals surface area contributed by atoms with Crippen molar-refractivity contribution in [2.24, 2.45) is 14.1 Å². The highest BCUT2D eigenvalue weighted by molar-refractivity contribution is 5.78. The Morgan fingerprint density at radius 2 is 1.64 bits per heavy atom. The van der Waals surface area contributed by atoms with Gasteiger partial charge in [-0.05, 0) is 42.3 Å². The Kier molecular flexibility index (Phi) is 3.85. The van der Waals surface area contributed by atoms with E-state index >= 15 is 0 Å². The number of hydrogen-bond donors (Lipinski definition) is 0. The lowest BCUT2D eigenvalue weighted by atomic mass is 10.1. The molecule has 0 aliphatic rings. The number of rotatable bonds is 3. The molecule has 0 saturated carbocycles. The number of imidazole rings is 1. The number of nitrogens with zero attached hydrogens (tertiary/aromatic N) is 3. The quantitative estimate of drug-likeness (QED) is 0.510. The smallest absolute Gasteiger partial charge is 0.220 e. The summed E-state index contributed by atoms with van der Waals surface area (Å²) in [6.45, 7) is 2.20. The maximum Gasteiger partial charge on any atom is 0.360 e. The first-order valence-corrected chi connectivity index (χ1v) is 8.74. The molecular formula is C22H23N3+2. The topological polar surface area (TPSA) is 12.7 Å². The first kappa shape index (κ1) is 15.6. The minimum absolute atomic E-state index is 1.04. The summed E-state index contributed by atoms with van der Waals surface area (Å²) < 4.78 is 6.83. The summed E-state index contributed by atoms with van der Waals surface area (Å²) in [5, 5.41) is 0. The summed E-state index contributed by atoms with van der Waals surface area (Å²) in [6, 6.07) is 23.7. The summed E-state index contributed by atoms with van der Waals surface area (Å²) >= 11 is 0. The molecular weight excluding hydrogens is 306 g/mol. The molecule has 3 nitrogen and oxygen atoms in total. The summed E-state index contributed by atoms with van der Waals surface area (Å²) in [5.41, 5.74) is 6.20. The largest absolute Gasteiger partial charge is 0.360 e. The van der Waals surface area contributed by atoms with Crippen molar-refractivity contribution in [2.75, 3.05) is 0 Å². The third-order valence-corrected chi connectivity index (χ3v) is 4.88. The van der Waals surface area contributed by atoms with Gasteiger partial charge in [0.2, 0.25) is 0 Å². The van der Waals surface area contributed by atoms with Crippen LogP contribution in [-0.2, 0) is 20.5 Å². The molecule has 2 aromatic heterocycles. The van der Waals surface area contributed by atoms with Crippen molar-refractivity contribution in [1.29, 1.82) is 0 Å². The minimum Gasteiger partial charge on any atom is -0.220 e. The Balaban J connectivity index is 2.15. The number of aryl methyl sites for hydroxylation is 3. The zero-order valence-corrected chi connectivity index (χ0v) is 15.0. The van der Waals surface area contributed by atoms with Gasteiger partial charge in [0.1, 0.15) is 12.7 Å². The molecule has 25 heavy (non-hydrogen) atoms. The van der Waals surface area contributed by atoms with E-state index in [1.165, 1.54) is 33.8 Å². The number of hydrogen-bond acceptors (Lipinski definition) is 0. The average molecular weight is 329 g/mol. The lowest BCUT2D eigenvalue weighted by Gasteiger charge is -2.02. The molecule has 2 aromatic carbocycles. The van der Waals surface area contributed by atoms with Gasteiger partial charge in [-0.15, -0.1) is 0 Å². The molecule has 4 rings (SSSR count). The van der Waals surface area contributed by atoms with E-state index in [0.717, 1.165) is 6.42 Å². The van der Waals surface area contributed by atoms with Crippen molar-refractivity contribution in [3.05, 3.63) is 78.5 Å². The molecule has 0 spiro atoms. The molecule has 0 fully saturated rings. The summed E-state index contributed by atoms with van der Waals surface area (Å²) in [6.07, 6.45) is 3.13. The third-order valence-electron chi connectivity index (χ3n) is 4.88. The monoisotopic (exact) mass is 329 g/mol. The molecule has 4 aromatic rings. The molecule has 0 N–H and O–H groups in total. The van der Waals surface area contributed by atoms with E-state index in [-0.39, 0.29) is 0 Å². The van der Waals surface area contributed by atoms with Gasteiger partial charge in [-0.2, -0.15) is 9.13 Å². The molecule has 0 saturated heterocycles. The molecule has 0 aliphatic carbocycles. The van der Waals surface area contributed by atoms with E-state index in [0.29, 0.717) is 0 Å². The first-order valence-electron chi connectivity index (χ1n) is 8.74. The second-order valence-electron chi connectivity index (χ2n) is 6.43. The molecule has 0 bridgehead atoms. The van der Waals surface area contributed by atoms with Crippen LogP contribution in [0, 0.1) is 0 Å². The van der Waals surface area contributed by atoms with Gasteiger partial charge >= 0.3 is 5.82 Å². The fourth-order valence-corrected chi connectivity index (χ4v) is 3.51. The molecule has 0 atom stereocenters. The van der Waals surface area contributed by atoms with Gasteiger partial charge in [0.15, 0.2) is 17.2 Å². The van der Waals surface area contributed by atoms with Crippen LogP contribution in [0.25, 0.3) is 28.2 Å². The average Bonchev–Trinajstić information content (AvgIpc) is 2.94. The number of para-hydroxylation sites is 1. The fourth-order valence-electron chi connectivity index (χ4n) is 3.51. The standard InChI is InChI=1S/C22H23N3/c1-4-17-13-14-19-21(16-17)25(18-10-6-5-7-11-18)22(24(19)3)20-12-8-9-15-23(20)2/h5-16H,4H2,1-3H3/q+2. The predicted molar refractivity (Wildman–Crippen MR) is 100 cm³/mol. The van der Waals surface area contributed by atoms with Crippen LogP contribution in [0.4, 0.5) is 0 Å². The van der Waals surface area contributed by atoms with Crippen LogP contribution >= 0.6 is 0 Å². The van der Waals surface area contributed by atoms with Crippen LogP contribution in [0.3, 0.4) is 0 Å². The molecule has 124 valence electrons. The highest BCUT2D eigenvalue weighted by Crippen LogP contribution is 2.26. The first-order chi connectivity index (χ1) is 12.2. The highest BCUT2D eigenvalue weighted by Gasteiger charge is 2.31. The molecule has 0 amide bonds. The van der Waals surface area contributed by atoms with Crippen LogP contribution in [0.5, 0.6) is 0 Å². The van der Waals surface area contributed by atoms with Gasteiger partial charge in [0, 0.05) is 12.1 Å². The molecule has 2 heterocycles. The van der Waals surface area contributed by atoms with E-state index in [1.54, 1.807) is 0 Å².